The van der Waals surface area contributed by atoms with Gasteiger partial charge in [0.15, 0.2) is 7.91 Å². The second-order valence-electron chi connectivity index (χ2n) is 4.64. The minimum Gasteiger partial charge on any atom is -0.258 e. The van der Waals surface area contributed by atoms with E-state index < -0.39 is 0 Å². The number of hydrogen-bond donors (Lipinski definition) is 2. The number of rotatable bonds is 9. The lowest BCUT2D eigenvalue weighted by Gasteiger charge is -2.00. The molecule has 0 atom stereocenters. The molecule has 2 aromatic rings. The molecule has 0 aliphatic carbocycles. The monoisotopic (exact) mass is 346 g/mol. The molecule has 0 saturated carbocycles. The van der Waals surface area contributed by atoms with E-state index in [4.69, 9.17) is 24.4 Å². The van der Waals surface area contributed by atoms with Crippen LogP contribution in [0.25, 0.3) is 0 Å². The molecule has 0 aromatic carbocycles. The van der Waals surface area contributed by atoms with Gasteiger partial charge in [0.2, 0.25) is 0 Å². The minimum atomic E-state index is 0.779. The van der Waals surface area contributed by atoms with E-state index in [9.17, 15) is 0 Å². The van der Waals surface area contributed by atoms with Crippen LogP contribution in [0.4, 0.5) is 0 Å². The first-order valence-electron chi connectivity index (χ1n) is 6.83. The van der Waals surface area contributed by atoms with Crippen molar-refractivity contribution in [3.63, 3.8) is 0 Å². The van der Waals surface area contributed by atoms with E-state index in [1.807, 2.05) is 0 Å². The summed E-state index contributed by atoms with van der Waals surface area (Å²) in [7, 11) is 0. The first-order chi connectivity index (χ1) is 9.74. The molecule has 110 valence electrons. The summed E-state index contributed by atoms with van der Waals surface area (Å²) in [5.41, 5.74) is 0. The molecule has 0 saturated heterocycles. The van der Waals surface area contributed by atoms with Crippen molar-refractivity contribution in [3.8, 4) is 0 Å². The first-order valence-corrected chi connectivity index (χ1v) is 9.28. The molecule has 0 aliphatic rings. The first kappa shape index (κ1) is 15.9. The molecule has 2 N–H and O–H groups in total. The highest BCUT2D eigenvalue weighted by molar-refractivity contribution is 7.73. The smallest absolute Gasteiger partial charge is 0.176 e. The molecule has 0 bridgehead atoms. The third-order valence-electron chi connectivity index (χ3n) is 3.00. The second kappa shape index (κ2) is 8.76. The van der Waals surface area contributed by atoms with Crippen molar-refractivity contribution in [2.24, 2.45) is 0 Å². The SMILES string of the molecule is S=c1[nH]nc(CCCCCCCCc2n[nH]c(=S)s2)s1. The molecule has 2 aromatic heterocycles. The zero-order valence-corrected chi connectivity index (χ0v) is 14.5. The van der Waals surface area contributed by atoms with Crippen LogP contribution in [0, 0.1) is 7.91 Å². The molecule has 0 aliphatic heterocycles. The van der Waals surface area contributed by atoms with E-state index >= 15 is 0 Å². The minimum absolute atomic E-state index is 0.779. The largest absolute Gasteiger partial charge is 0.258 e. The van der Waals surface area contributed by atoms with Gasteiger partial charge in [-0.3, -0.25) is 10.2 Å². The van der Waals surface area contributed by atoms with Crippen LogP contribution in [0.15, 0.2) is 0 Å². The van der Waals surface area contributed by atoms with Crippen molar-refractivity contribution in [2.45, 2.75) is 51.4 Å². The van der Waals surface area contributed by atoms with Crippen LogP contribution in [0.2, 0.25) is 0 Å². The average molecular weight is 347 g/mol. The third-order valence-corrected chi connectivity index (χ3v) is 5.29. The van der Waals surface area contributed by atoms with Crippen molar-refractivity contribution in [3.05, 3.63) is 17.9 Å². The molecule has 8 heteroatoms. The second-order valence-corrected chi connectivity index (χ2v) is 8.14. The lowest BCUT2D eigenvalue weighted by atomic mass is 10.1. The van der Waals surface area contributed by atoms with Gasteiger partial charge in [0.25, 0.3) is 0 Å². The zero-order chi connectivity index (χ0) is 14.2. The van der Waals surface area contributed by atoms with Crippen LogP contribution in [-0.4, -0.2) is 20.4 Å². The van der Waals surface area contributed by atoms with E-state index in [0.717, 1.165) is 30.8 Å². The molecular weight excluding hydrogens is 328 g/mol. The Morgan fingerprint density at radius 2 is 1.10 bits per heavy atom. The number of aromatic nitrogens is 4. The molecule has 0 spiro atoms. The van der Waals surface area contributed by atoms with Gasteiger partial charge < -0.3 is 0 Å². The highest BCUT2D eigenvalue weighted by atomic mass is 32.2. The molecule has 0 unspecified atom stereocenters. The van der Waals surface area contributed by atoms with E-state index in [1.165, 1.54) is 38.5 Å². The standard InChI is InChI=1S/C12H18N4S4/c17-11-15-13-9(19-11)7-5-3-1-2-4-6-8-10-14-16-12(18)20-10/h1-8H2,(H,15,17)(H,16,18). The Morgan fingerprint density at radius 1 is 0.700 bits per heavy atom. The summed E-state index contributed by atoms with van der Waals surface area (Å²) in [6.45, 7) is 0. The number of hydrogen-bond acceptors (Lipinski definition) is 6. The number of H-pyrrole nitrogens is 2. The van der Waals surface area contributed by atoms with Gasteiger partial charge in [0, 0.05) is 12.8 Å². The summed E-state index contributed by atoms with van der Waals surface area (Å²) in [5.74, 6) is 0. The van der Waals surface area contributed by atoms with Gasteiger partial charge >= 0.3 is 0 Å². The fourth-order valence-electron chi connectivity index (χ4n) is 1.99. The molecule has 0 fully saturated rings. The van der Waals surface area contributed by atoms with Gasteiger partial charge in [-0.25, -0.2) is 0 Å². The van der Waals surface area contributed by atoms with Crippen molar-refractivity contribution in [2.75, 3.05) is 0 Å². The van der Waals surface area contributed by atoms with Crippen molar-refractivity contribution in [1.29, 1.82) is 0 Å². The highest BCUT2D eigenvalue weighted by Gasteiger charge is 1.99. The predicted octanol–water partition coefficient (Wildman–Crippen LogP) is 4.84. The van der Waals surface area contributed by atoms with Crippen molar-refractivity contribution < 1.29 is 0 Å². The van der Waals surface area contributed by atoms with Crippen molar-refractivity contribution in [1.82, 2.24) is 20.4 Å². The van der Waals surface area contributed by atoms with Crippen LogP contribution in [-0.2, 0) is 12.8 Å². The highest BCUT2D eigenvalue weighted by Crippen LogP contribution is 2.13. The Bertz CT molecular complexity index is 555. The van der Waals surface area contributed by atoms with Crippen molar-refractivity contribution >= 4 is 47.1 Å². The van der Waals surface area contributed by atoms with Crippen LogP contribution in [0.1, 0.15) is 48.5 Å². The van der Waals surface area contributed by atoms with Gasteiger partial charge in [-0.15, -0.1) is 0 Å². The van der Waals surface area contributed by atoms with Crippen LogP contribution in [0.5, 0.6) is 0 Å². The Labute approximate surface area is 136 Å². The fraction of sp³-hybridized carbons (Fsp3) is 0.667. The Morgan fingerprint density at radius 3 is 1.45 bits per heavy atom. The quantitative estimate of drug-likeness (QED) is 0.504. The topological polar surface area (TPSA) is 57.4 Å². The molecule has 0 amide bonds. The number of nitrogens with one attached hydrogen (secondary N) is 2. The van der Waals surface area contributed by atoms with Gasteiger partial charge in [0.1, 0.15) is 10.0 Å². The zero-order valence-electron chi connectivity index (χ0n) is 11.2. The van der Waals surface area contributed by atoms with Crippen LogP contribution < -0.4 is 0 Å². The van der Waals surface area contributed by atoms with Gasteiger partial charge in [-0.1, -0.05) is 48.4 Å². The Kier molecular flexibility index (Phi) is 6.98. The summed E-state index contributed by atoms with van der Waals surface area (Å²) < 4.78 is 1.56. The van der Waals surface area contributed by atoms with E-state index in [2.05, 4.69) is 20.4 Å². The van der Waals surface area contributed by atoms with Gasteiger partial charge in [-0.05, 0) is 37.3 Å². The number of nitrogens with zero attached hydrogens (tertiary/aromatic N) is 2. The summed E-state index contributed by atoms with van der Waals surface area (Å²) in [5, 5.41) is 16.3. The lowest BCUT2D eigenvalue weighted by molar-refractivity contribution is 0.591. The molecule has 4 nitrogen and oxygen atoms in total. The van der Waals surface area contributed by atoms with Gasteiger partial charge in [0.05, 0.1) is 0 Å². The molecule has 2 rings (SSSR count). The fourth-order valence-corrected chi connectivity index (χ4v) is 3.95. The number of aryl methyl sites for hydroxylation is 2. The summed E-state index contributed by atoms with van der Waals surface area (Å²) in [4.78, 5) is 0. The maximum Gasteiger partial charge on any atom is 0.176 e. The average Bonchev–Trinajstić information content (AvgIpc) is 3.02. The molecule has 2 heterocycles. The molecule has 20 heavy (non-hydrogen) atoms. The summed E-state index contributed by atoms with van der Waals surface area (Å²) in [6.07, 6.45) is 9.65. The number of aromatic amines is 2. The molecular formula is C12H18N4S4. The van der Waals surface area contributed by atoms with E-state index in [0.29, 0.717) is 0 Å². The Hall–Kier alpha value is -0.440. The maximum atomic E-state index is 5.01. The third kappa shape index (κ3) is 5.90. The van der Waals surface area contributed by atoms with Crippen LogP contribution >= 0.6 is 47.1 Å². The van der Waals surface area contributed by atoms with E-state index in [-0.39, 0.29) is 0 Å². The normalized spacial score (nSPS) is 11.0. The predicted molar refractivity (Wildman–Crippen MR) is 89.7 cm³/mol. The maximum absolute atomic E-state index is 5.01. The number of unbranched alkanes of at least 4 members (excludes halogenated alkanes) is 5. The van der Waals surface area contributed by atoms with Crippen LogP contribution in [0.3, 0.4) is 0 Å². The lowest BCUT2D eigenvalue weighted by Crippen LogP contribution is -1.87. The Balaban J connectivity index is 1.45. The van der Waals surface area contributed by atoms with E-state index in [1.54, 1.807) is 22.7 Å². The van der Waals surface area contributed by atoms with Gasteiger partial charge in [-0.2, -0.15) is 10.2 Å². The summed E-state index contributed by atoms with van der Waals surface area (Å²) in [6, 6.07) is 0. The summed E-state index contributed by atoms with van der Waals surface area (Å²) >= 11 is 13.2. The molecule has 0 radical (unpaired) electrons.